The van der Waals surface area contributed by atoms with Gasteiger partial charge >= 0.3 is 6.03 Å². The number of likely N-dealkylation sites (tertiary alicyclic amines) is 1. The molecule has 2 saturated heterocycles. The number of nitrogens with zero attached hydrogens (tertiary/aromatic N) is 1. The molecule has 0 aromatic heterocycles. The van der Waals surface area contributed by atoms with Gasteiger partial charge in [-0.25, -0.2) is 4.79 Å². The number of rotatable bonds is 2. The van der Waals surface area contributed by atoms with Crippen LogP contribution in [-0.2, 0) is 4.74 Å². The van der Waals surface area contributed by atoms with Gasteiger partial charge in [0.2, 0.25) is 0 Å². The maximum atomic E-state index is 13.0. The average Bonchev–Trinajstić information content (AvgIpc) is 2.93. The van der Waals surface area contributed by atoms with Gasteiger partial charge in [-0.05, 0) is 62.7 Å². The van der Waals surface area contributed by atoms with Gasteiger partial charge in [-0.1, -0.05) is 0 Å². The molecular formula is C19H30N2O3. The molecule has 6 aliphatic rings. The van der Waals surface area contributed by atoms with E-state index in [2.05, 4.69) is 5.32 Å². The smallest absolute Gasteiger partial charge is 0.317 e. The summed E-state index contributed by atoms with van der Waals surface area (Å²) in [7, 11) is 0. The van der Waals surface area contributed by atoms with E-state index in [1.807, 2.05) is 4.90 Å². The number of urea groups is 1. The second-order valence-corrected chi connectivity index (χ2v) is 9.55. The lowest BCUT2D eigenvalue weighted by Gasteiger charge is -2.57. The van der Waals surface area contributed by atoms with Crippen LogP contribution >= 0.6 is 0 Å². The van der Waals surface area contributed by atoms with Crippen LogP contribution in [-0.4, -0.2) is 54.5 Å². The molecule has 6 fully saturated rings. The molecule has 2 amide bonds. The van der Waals surface area contributed by atoms with E-state index in [0.29, 0.717) is 25.7 Å². The number of carbonyl (C=O) groups is 1. The lowest BCUT2D eigenvalue weighted by molar-refractivity contribution is -0.0416. The predicted octanol–water partition coefficient (Wildman–Crippen LogP) is 2.00. The van der Waals surface area contributed by atoms with Crippen LogP contribution < -0.4 is 5.32 Å². The van der Waals surface area contributed by atoms with Gasteiger partial charge in [0.05, 0.1) is 13.2 Å². The maximum Gasteiger partial charge on any atom is 0.317 e. The van der Waals surface area contributed by atoms with Gasteiger partial charge in [0.1, 0.15) is 0 Å². The van der Waals surface area contributed by atoms with E-state index in [1.165, 1.54) is 38.5 Å². The Hall–Kier alpha value is -0.810. The molecule has 5 heteroatoms. The first-order valence-electron chi connectivity index (χ1n) is 9.85. The van der Waals surface area contributed by atoms with E-state index < -0.39 is 0 Å². The topological polar surface area (TPSA) is 61.8 Å². The first kappa shape index (κ1) is 15.4. The molecule has 0 aromatic carbocycles. The van der Waals surface area contributed by atoms with Gasteiger partial charge in [-0.2, -0.15) is 0 Å². The van der Waals surface area contributed by atoms with Crippen LogP contribution in [0.3, 0.4) is 0 Å². The summed E-state index contributed by atoms with van der Waals surface area (Å²) < 4.78 is 5.60. The number of hydrogen-bond donors (Lipinski definition) is 2. The van der Waals surface area contributed by atoms with E-state index in [0.717, 1.165) is 30.7 Å². The van der Waals surface area contributed by atoms with Crippen molar-refractivity contribution in [1.82, 2.24) is 10.2 Å². The summed E-state index contributed by atoms with van der Waals surface area (Å²) in [5.41, 5.74) is -0.0560. The van der Waals surface area contributed by atoms with Crippen molar-refractivity contribution in [1.29, 1.82) is 0 Å². The molecule has 4 saturated carbocycles. The first-order chi connectivity index (χ1) is 11.6. The third-order valence-electron chi connectivity index (χ3n) is 7.89. The van der Waals surface area contributed by atoms with E-state index >= 15 is 0 Å². The summed E-state index contributed by atoms with van der Waals surface area (Å²) in [5.74, 6) is 2.82. The third-order valence-corrected chi connectivity index (χ3v) is 7.89. The van der Waals surface area contributed by atoms with Crippen LogP contribution in [0.25, 0.3) is 0 Å². The standard InChI is InChI=1S/C19H30N2O3/c22-12-18-1-2-24-10-16(18)9-21(11-18)17(23)20-19-6-13-3-14(7-19)5-15(4-13)8-19/h13-16,22H,1-12H2,(H,20,23)/t13?,14?,15?,16-,18-,19?/m1/s1. The van der Waals surface area contributed by atoms with Crippen LogP contribution in [0, 0.1) is 29.1 Å². The number of ether oxygens (including phenoxy) is 1. The normalized spacial score (nSPS) is 49.3. The lowest BCUT2D eigenvalue weighted by atomic mass is 9.53. The Balaban J connectivity index is 1.29. The molecule has 0 spiro atoms. The molecule has 0 radical (unpaired) electrons. The summed E-state index contributed by atoms with van der Waals surface area (Å²) in [6, 6.07) is 0.110. The number of fused-ring (bicyclic) bond motifs is 1. The molecule has 134 valence electrons. The van der Waals surface area contributed by atoms with Crippen molar-refractivity contribution in [3.05, 3.63) is 0 Å². The lowest BCUT2D eigenvalue weighted by Crippen LogP contribution is -2.61. The molecule has 4 bridgehead atoms. The van der Waals surface area contributed by atoms with E-state index in [-0.39, 0.29) is 23.6 Å². The molecule has 0 aromatic rings. The average molecular weight is 334 g/mol. The minimum Gasteiger partial charge on any atom is -0.396 e. The number of aliphatic hydroxyl groups excluding tert-OH is 1. The highest BCUT2D eigenvalue weighted by atomic mass is 16.5. The number of amides is 2. The predicted molar refractivity (Wildman–Crippen MR) is 89.5 cm³/mol. The van der Waals surface area contributed by atoms with Crippen LogP contribution in [0.2, 0.25) is 0 Å². The Morgan fingerprint density at radius 2 is 1.83 bits per heavy atom. The number of carbonyl (C=O) groups excluding carboxylic acids is 1. The zero-order chi connectivity index (χ0) is 16.4. The summed E-state index contributed by atoms with van der Waals surface area (Å²) in [4.78, 5) is 15.0. The number of hydrogen-bond acceptors (Lipinski definition) is 3. The van der Waals surface area contributed by atoms with Crippen molar-refractivity contribution in [2.75, 3.05) is 32.9 Å². The fourth-order valence-electron chi connectivity index (χ4n) is 7.03. The Kier molecular flexibility index (Phi) is 3.44. The zero-order valence-corrected chi connectivity index (χ0v) is 14.5. The van der Waals surface area contributed by atoms with Gasteiger partial charge in [0.15, 0.2) is 0 Å². The van der Waals surface area contributed by atoms with Crippen molar-refractivity contribution >= 4 is 6.03 Å². The van der Waals surface area contributed by atoms with Crippen molar-refractivity contribution in [2.45, 2.75) is 50.5 Å². The Morgan fingerprint density at radius 1 is 1.17 bits per heavy atom. The van der Waals surface area contributed by atoms with Gasteiger partial charge in [-0.3, -0.25) is 0 Å². The second-order valence-electron chi connectivity index (χ2n) is 9.55. The molecule has 2 heterocycles. The third kappa shape index (κ3) is 2.31. The molecule has 2 atom stereocenters. The van der Waals surface area contributed by atoms with E-state index in [9.17, 15) is 9.90 Å². The molecule has 4 aliphatic carbocycles. The highest BCUT2D eigenvalue weighted by Crippen LogP contribution is 2.55. The molecule has 6 rings (SSSR count). The fraction of sp³-hybridized carbons (Fsp3) is 0.947. The van der Waals surface area contributed by atoms with Crippen molar-refractivity contribution < 1.29 is 14.6 Å². The van der Waals surface area contributed by atoms with Crippen LogP contribution in [0.5, 0.6) is 0 Å². The maximum absolute atomic E-state index is 13.0. The molecular weight excluding hydrogens is 304 g/mol. The molecule has 2 aliphatic heterocycles. The summed E-state index contributed by atoms with van der Waals surface area (Å²) in [6.07, 6.45) is 8.63. The zero-order valence-electron chi connectivity index (χ0n) is 14.5. The van der Waals surface area contributed by atoms with Crippen molar-refractivity contribution in [2.24, 2.45) is 29.1 Å². The summed E-state index contributed by atoms with van der Waals surface area (Å²) in [6.45, 7) is 2.99. The number of aliphatic hydroxyl groups is 1. The van der Waals surface area contributed by atoms with Crippen molar-refractivity contribution in [3.63, 3.8) is 0 Å². The highest BCUT2D eigenvalue weighted by molar-refractivity contribution is 5.75. The minimum atomic E-state index is -0.128. The molecule has 5 nitrogen and oxygen atoms in total. The monoisotopic (exact) mass is 334 g/mol. The van der Waals surface area contributed by atoms with Crippen LogP contribution in [0.4, 0.5) is 4.79 Å². The van der Waals surface area contributed by atoms with E-state index in [4.69, 9.17) is 4.74 Å². The van der Waals surface area contributed by atoms with Gasteiger partial charge in [0.25, 0.3) is 0 Å². The van der Waals surface area contributed by atoms with Crippen LogP contribution in [0.15, 0.2) is 0 Å². The van der Waals surface area contributed by atoms with Crippen LogP contribution in [0.1, 0.15) is 44.9 Å². The van der Waals surface area contributed by atoms with Crippen molar-refractivity contribution in [3.8, 4) is 0 Å². The quantitative estimate of drug-likeness (QED) is 0.812. The Labute approximate surface area is 144 Å². The van der Waals surface area contributed by atoms with E-state index in [1.54, 1.807) is 0 Å². The first-order valence-corrected chi connectivity index (χ1v) is 9.85. The Bertz CT molecular complexity index is 501. The second kappa shape index (κ2) is 5.34. The fourth-order valence-corrected chi connectivity index (χ4v) is 7.03. The summed E-state index contributed by atoms with van der Waals surface area (Å²) in [5, 5.41) is 13.4. The SMILES string of the molecule is O=C(NC12CC3CC(CC(C3)C1)C2)N1C[C@@H]2COCC[C@]2(CO)C1. The van der Waals surface area contributed by atoms with Gasteiger partial charge in [-0.15, -0.1) is 0 Å². The van der Waals surface area contributed by atoms with Gasteiger partial charge < -0.3 is 20.1 Å². The number of nitrogens with one attached hydrogen (secondary N) is 1. The molecule has 2 N–H and O–H groups in total. The molecule has 24 heavy (non-hydrogen) atoms. The largest absolute Gasteiger partial charge is 0.396 e. The molecule has 0 unspecified atom stereocenters. The highest BCUT2D eigenvalue weighted by Gasteiger charge is 2.54. The minimum absolute atomic E-state index is 0.0719. The van der Waals surface area contributed by atoms with Gasteiger partial charge in [0, 0.05) is 36.6 Å². The Morgan fingerprint density at radius 3 is 2.42 bits per heavy atom. The summed E-state index contributed by atoms with van der Waals surface area (Å²) >= 11 is 0.